The van der Waals surface area contributed by atoms with Crippen LogP contribution in [0.25, 0.3) is 0 Å². The highest BCUT2D eigenvalue weighted by Crippen LogP contribution is 2.15. The van der Waals surface area contributed by atoms with Crippen LogP contribution in [0.5, 0.6) is 0 Å². The van der Waals surface area contributed by atoms with Crippen LogP contribution in [-0.2, 0) is 0 Å². The molecule has 0 N–H and O–H groups in total. The second kappa shape index (κ2) is 1.25. The van der Waals surface area contributed by atoms with Gasteiger partial charge < -0.3 is 0 Å². The zero-order valence-corrected chi connectivity index (χ0v) is 4.84. The standard InChI is InChI=1S/C3H6BrF/c1-3(2,4)5/h1-2H3. The van der Waals surface area contributed by atoms with E-state index in [4.69, 9.17) is 0 Å². The third-order valence-electron chi connectivity index (χ3n) is 0. The normalized spacial score (nSPS) is 12.0. The lowest BCUT2D eigenvalue weighted by molar-refractivity contribution is 0.356. The second-order valence-electron chi connectivity index (χ2n) is 1.33. The summed E-state index contributed by atoms with van der Waals surface area (Å²) < 4.78 is 10.4. The van der Waals surface area contributed by atoms with Gasteiger partial charge in [0.1, 0.15) is 0 Å². The Bertz CT molecular complexity index is 22.4. The summed E-state index contributed by atoms with van der Waals surface area (Å²) in [5, 5.41) is 0. The molecule has 2 heteroatoms. The van der Waals surface area contributed by atoms with E-state index in [1.807, 2.05) is 0 Å². The Morgan fingerprint density at radius 3 is 1.60 bits per heavy atom. The van der Waals surface area contributed by atoms with Crippen LogP contribution >= 0.6 is 15.9 Å². The molecular formula is C3H6BrF. The Morgan fingerprint density at radius 2 is 1.60 bits per heavy atom. The molecule has 0 spiro atoms. The quantitative estimate of drug-likeness (QED) is 0.453. The van der Waals surface area contributed by atoms with Gasteiger partial charge in [0.2, 0.25) is 0 Å². The van der Waals surface area contributed by atoms with Crippen molar-refractivity contribution in [3.05, 3.63) is 0 Å². The van der Waals surface area contributed by atoms with E-state index in [9.17, 15) is 4.39 Å². The Balaban J connectivity index is 3.02. The average molecular weight is 141 g/mol. The minimum atomic E-state index is -1.19. The lowest BCUT2D eigenvalue weighted by atomic mass is 10.5. The van der Waals surface area contributed by atoms with Gasteiger partial charge in [-0.3, -0.25) is 0 Å². The summed E-state index contributed by atoms with van der Waals surface area (Å²) in [6, 6.07) is 0. The fourth-order valence-corrected chi connectivity index (χ4v) is 0. The van der Waals surface area contributed by atoms with Crippen LogP contribution in [0.3, 0.4) is 0 Å². The van der Waals surface area contributed by atoms with Crippen LogP contribution in [0.2, 0.25) is 0 Å². The van der Waals surface area contributed by atoms with Crippen molar-refractivity contribution < 1.29 is 4.39 Å². The van der Waals surface area contributed by atoms with Gasteiger partial charge in [0, 0.05) is 0 Å². The summed E-state index contributed by atoms with van der Waals surface area (Å²) in [5.74, 6) is 0. The zero-order chi connectivity index (χ0) is 4.50. The predicted octanol–water partition coefficient (Wildman–Crippen LogP) is 2.09. The van der Waals surface area contributed by atoms with Crippen LogP contribution in [-0.4, -0.2) is 4.58 Å². The van der Waals surface area contributed by atoms with Crippen LogP contribution in [0.1, 0.15) is 13.8 Å². The highest BCUT2D eigenvalue weighted by molar-refractivity contribution is 9.10. The molecule has 0 radical (unpaired) electrons. The molecule has 0 aliphatic heterocycles. The van der Waals surface area contributed by atoms with Crippen molar-refractivity contribution in [2.45, 2.75) is 18.4 Å². The summed E-state index contributed by atoms with van der Waals surface area (Å²) >= 11 is 2.71. The van der Waals surface area contributed by atoms with E-state index >= 15 is 0 Å². The molecule has 5 heavy (non-hydrogen) atoms. The molecular weight excluding hydrogens is 135 g/mol. The molecule has 0 bridgehead atoms. The first-order chi connectivity index (χ1) is 2.00. The molecule has 0 aliphatic rings. The summed E-state index contributed by atoms with van der Waals surface area (Å²) in [4.78, 5) is 0. The highest BCUT2D eigenvalue weighted by atomic mass is 79.9. The fourth-order valence-electron chi connectivity index (χ4n) is 0. The molecule has 0 nitrogen and oxygen atoms in total. The largest absolute Gasteiger partial charge is 0.232 e. The molecule has 0 saturated carbocycles. The van der Waals surface area contributed by atoms with E-state index in [-0.39, 0.29) is 0 Å². The first-order valence-electron chi connectivity index (χ1n) is 1.38. The van der Waals surface area contributed by atoms with E-state index in [1.165, 1.54) is 13.8 Å². The van der Waals surface area contributed by atoms with Crippen LogP contribution in [0, 0.1) is 0 Å². The number of halogens is 2. The van der Waals surface area contributed by atoms with Crippen molar-refractivity contribution in [3.63, 3.8) is 0 Å². The smallest absolute Gasteiger partial charge is 0.159 e. The molecule has 0 fully saturated rings. The maximum Gasteiger partial charge on any atom is 0.159 e. The van der Waals surface area contributed by atoms with Gasteiger partial charge in [0.25, 0.3) is 0 Å². The van der Waals surface area contributed by atoms with Gasteiger partial charge in [-0.2, -0.15) is 0 Å². The van der Waals surface area contributed by atoms with Crippen LogP contribution in [0.15, 0.2) is 0 Å². The summed E-state index contributed by atoms with van der Waals surface area (Å²) in [6.07, 6.45) is 0. The van der Waals surface area contributed by atoms with E-state index in [1.54, 1.807) is 0 Å². The number of rotatable bonds is 0. The third kappa shape index (κ3) is 152. The molecule has 0 unspecified atom stereocenters. The average Bonchev–Trinajstić information content (AvgIpc) is 0.722. The van der Waals surface area contributed by atoms with Gasteiger partial charge in [-0.1, -0.05) is 0 Å². The molecule has 0 atom stereocenters. The molecule has 0 aliphatic carbocycles. The minimum Gasteiger partial charge on any atom is -0.232 e. The predicted molar refractivity (Wildman–Crippen MR) is 24.1 cm³/mol. The van der Waals surface area contributed by atoms with E-state index in [2.05, 4.69) is 15.9 Å². The van der Waals surface area contributed by atoms with Crippen LogP contribution in [0.4, 0.5) is 4.39 Å². The first-order valence-corrected chi connectivity index (χ1v) is 2.17. The summed E-state index contributed by atoms with van der Waals surface area (Å²) in [6.45, 7) is 2.88. The second-order valence-corrected chi connectivity index (χ2v) is 3.21. The van der Waals surface area contributed by atoms with Gasteiger partial charge >= 0.3 is 0 Å². The molecule has 0 saturated heterocycles. The van der Waals surface area contributed by atoms with E-state index in [0.29, 0.717) is 0 Å². The number of alkyl halides is 2. The van der Waals surface area contributed by atoms with Crippen molar-refractivity contribution in [1.29, 1.82) is 0 Å². The number of hydrogen-bond acceptors (Lipinski definition) is 0. The van der Waals surface area contributed by atoms with Crippen molar-refractivity contribution >= 4 is 15.9 Å². The lowest BCUT2D eigenvalue weighted by Crippen LogP contribution is -1.94. The monoisotopic (exact) mass is 140 g/mol. The lowest BCUT2D eigenvalue weighted by Gasteiger charge is -1.97. The molecule has 0 amide bonds. The van der Waals surface area contributed by atoms with Gasteiger partial charge in [-0.05, 0) is 29.8 Å². The Morgan fingerprint density at radius 1 is 1.60 bits per heavy atom. The fraction of sp³-hybridized carbons (Fsp3) is 1.00. The Kier molecular flexibility index (Phi) is 1.35. The summed E-state index contributed by atoms with van der Waals surface area (Å²) in [5.41, 5.74) is 0. The van der Waals surface area contributed by atoms with E-state index < -0.39 is 4.58 Å². The SMILES string of the molecule is CC(C)(F)Br. The van der Waals surface area contributed by atoms with E-state index in [0.717, 1.165) is 0 Å². The van der Waals surface area contributed by atoms with Gasteiger partial charge in [0.05, 0.1) is 0 Å². The van der Waals surface area contributed by atoms with Gasteiger partial charge in [0.15, 0.2) is 4.58 Å². The maximum atomic E-state index is 11.6. The van der Waals surface area contributed by atoms with Gasteiger partial charge in [-0.25, -0.2) is 4.39 Å². The minimum absolute atomic E-state index is 1.19. The maximum absolute atomic E-state index is 11.6. The topological polar surface area (TPSA) is 0 Å². The molecule has 0 aromatic carbocycles. The molecule has 0 aromatic heterocycles. The Hall–Kier alpha value is 0.410. The van der Waals surface area contributed by atoms with Gasteiger partial charge in [-0.15, -0.1) is 0 Å². The molecule has 0 heterocycles. The van der Waals surface area contributed by atoms with Crippen molar-refractivity contribution in [2.75, 3.05) is 0 Å². The highest BCUT2D eigenvalue weighted by Gasteiger charge is 2.05. The zero-order valence-electron chi connectivity index (χ0n) is 3.26. The molecule has 0 rings (SSSR count). The third-order valence-corrected chi connectivity index (χ3v) is 0. The summed E-state index contributed by atoms with van der Waals surface area (Å²) in [7, 11) is 0. The van der Waals surface area contributed by atoms with Crippen molar-refractivity contribution in [1.82, 2.24) is 0 Å². The van der Waals surface area contributed by atoms with Crippen molar-refractivity contribution in [3.8, 4) is 0 Å². The Labute approximate surface area is 39.5 Å². The van der Waals surface area contributed by atoms with Crippen LogP contribution < -0.4 is 0 Å². The number of hydrogen-bond donors (Lipinski definition) is 0. The van der Waals surface area contributed by atoms with Crippen molar-refractivity contribution in [2.24, 2.45) is 0 Å². The molecule has 32 valence electrons. The molecule has 0 aromatic rings. The first kappa shape index (κ1) is 5.41.